The molecule has 0 amide bonds. The topological polar surface area (TPSA) is 29.5 Å². The zero-order valence-electron chi connectivity index (χ0n) is 25.5. The van der Waals surface area contributed by atoms with Crippen LogP contribution in [0.5, 0.6) is 0 Å². The normalized spacial score (nSPS) is 13.6. The lowest BCUT2D eigenvalue weighted by Crippen LogP contribution is -2.15. The summed E-state index contributed by atoms with van der Waals surface area (Å²) in [4.78, 5) is 2.39. The Morgan fingerprint density at radius 1 is 0.478 bits per heavy atom. The first-order chi connectivity index (χ1) is 22.6. The molecule has 1 aliphatic rings. The highest BCUT2D eigenvalue weighted by Gasteiger charge is 2.35. The Balaban J connectivity index is 1.29. The van der Waals surface area contributed by atoms with Crippen LogP contribution in [0.1, 0.15) is 25.0 Å². The summed E-state index contributed by atoms with van der Waals surface area (Å²) in [5.41, 5.74) is 12.0. The minimum absolute atomic E-state index is 0.0657. The second-order valence-corrected chi connectivity index (χ2v) is 12.9. The number of hydrogen-bond donors (Lipinski definition) is 0. The highest BCUT2D eigenvalue weighted by atomic mass is 16.3. The summed E-state index contributed by atoms with van der Waals surface area (Å²) in [6.07, 6.45) is 0. The van der Waals surface area contributed by atoms with E-state index in [0.717, 1.165) is 71.7 Å². The van der Waals surface area contributed by atoms with Gasteiger partial charge >= 0.3 is 0 Å². The van der Waals surface area contributed by atoms with Gasteiger partial charge in [-0.3, -0.25) is 0 Å². The molecule has 0 unspecified atom stereocenters. The third-order valence-corrected chi connectivity index (χ3v) is 10.0. The molecule has 3 heteroatoms. The third-order valence-electron chi connectivity index (χ3n) is 10.0. The van der Waals surface area contributed by atoms with E-state index >= 15 is 0 Å². The van der Waals surface area contributed by atoms with Crippen LogP contribution < -0.4 is 4.90 Å². The van der Waals surface area contributed by atoms with E-state index in [9.17, 15) is 0 Å². The molecule has 7 aromatic carbocycles. The lowest BCUT2D eigenvalue weighted by molar-refractivity contribution is 0.660. The van der Waals surface area contributed by atoms with E-state index in [4.69, 9.17) is 8.83 Å². The minimum atomic E-state index is -0.0657. The molecule has 0 N–H and O–H groups in total. The highest BCUT2D eigenvalue weighted by molar-refractivity contribution is 6.19. The van der Waals surface area contributed by atoms with Crippen molar-refractivity contribution < 1.29 is 8.83 Å². The SMILES string of the molecule is CC1(C)c2ccccc2-c2cc(N(c3ccc4oc5ccccc5c4c3)c3cccc4ccc5c6ccccc6oc5c34)ccc21. The molecule has 9 aromatic rings. The standard InChI is InChI=1S/C43H29NO2/c1-43(2)35-14-6-3-11-29(35)33-24-27(19-22-36(33)43)44(28-20-23-40-34(25-28)31-13-5-7-16-38(31)45-40)37-15-9-10-26-18-21-32-30-12-4-8-17-39(30)46-42(32)41(26)37/h3-25H,1-2H3. The molecular weight excluding hydrogens is 562 g/mol. The van der Waals surface area contributed by atoms with Crippen LogP contribution in [0.3, 0.4) is 0 Å². The molecule has 1 aliphatic carbocycles. The lowest BCUT2D eigenvalue weighted by Gasteiger charge is -2.28. The van der Waals surface area contributed by atoms with Gasteiger partial charge in [0.15, 0.2) is 0 Å². The number of anilines is 3. The van der Waals surface area contributed by atoms with E-state index in [1.165, 1.54) is 22.3 Å². The summed E-state index contributed by atoms with van der Waals surface area (Å²) in [5, 5.41) is 6.69. The van der Waals surface area contributed by atoms with Crippen LogP contribution in [0.15, 0.2) is 148 Å². The first-order valence-corrected chi connectivity index (χ1v) is 15.9. The average molecular weight is 592 g/mol. The highest BCUT2D eigenvalue weighted by Crippen LogP contribution is 2.51. The first kappa shape index (κ1) is 25.5. The summed E-state index contributed by atoms with van der Waals surface area (Å²) in [5.74, 6) is 0. The smallest absolute Gasteiger partial charge is 0.145 e. The summed E-state index contributed by atoms with van der Waals surface area (Å²) in [7, 11) is 0. The molecule has 0 atom stereocenters. The molecule has 218 valence electrons. The predicted octanol–water partition coefficient (Wildman–Crippen LogP) is 12.4. The number of hydrogen-bond acceptors (Lipinski definition) is 3. The van der Waals surface area contributed by atoms with E-state index in [1.54, 1.807) is 0 Å². The van der Waals surface area contributed by atoms with Crippen molar-refractivity contribution in [2.45, 2.75) is 19.3 Å². The van der Waals surface area contributed by atoms with Crippen LogP contribution in [0.25, 0.3) is 65.8 Å². The van der Waals surface area contributed by atoms with Crippen LogP contribution >= 0.6 is 0 Å². The van der Waals surface area contributed by atoms with Crippen LogP contribution in [0.2, 0.25) is 0 Å². The van der Waals surface area contributed by atoms with Crippen LogP contribution in [-0.2, 0) is 5.41 Å². The number of nitrogens with zero attached hydrogens (tertiary/aromatic N) is 1. The van der Waals surface area contributed by atoms with E-state index in [2.05, 4.69) is 140 Å². The summed E-state index contributed by atoms with van der Waals surface area (Å²) in [6.45, 7) is 4.66. The molecule has 0 fully saturated rings. The van der Waals surface area contributed by atoms with Crippen molar-refractivity contribution in [3.05, 3.63) is 151 Å². The van der Waals surface area contributed by atoms with Gasteiger partial charge in [-0.1, -0.05) is 98.8 Å². The van der Waals surface area contributed by atoms with Crippen molar-refractivity contribution in [3.63, 3.8) is 0 Å². The summed E-state index contributed by atoms with van der Waals surface area (Å²) >= 11 is 0. The number of benzene rings is 7. The monoisotopic (exact) mass is 591 g/mol. The van der Waals surface area contributed by atoms with E-state index in [1.807, 2.05) is 18.2 Å². The van der Waals surface area contributed by atoms with Crippen LogP contribution in [0.4, 0.5) is 17.1 Å². The molecule has 0 radical (unpaired) electrons. The van der Waals surface area contributed by atoms with Gasteiger partial charge in [0.1, 0.15) is 22.3 Å². The van der Waals surface area contributed by atoms with Gasteiger partial charge < -0.3 is 13.7 Å². The molecule has 2 heterocycles. The summed E-state index contributed by atoms with van der Waals surface area (Å²) < 4.78 is 12.9. The molecule has 0 saturated carbocycles. The molecule has 0 bridgehead atoms. The Labute approximate surface area is 265 Å². The van der Waals surface area contributed by atoms with Gasteiger partial charge in [0.25, 0.3) is 0 Å². The largest absolute Gasteiger partial charge is 0.456 e. The molecular formula is C43H29NO2. The Hall–Kier alpha value is -5.80. The zero-order valence-corrected chi connectivity index (χ0v) is 25.5. The molecule has 10 rings (SSSR count). The number of furan rings is 2. The first-order valence-electron chi connectivity index (χ1n) is 15.9. The van der Waals surface area contributed by atoms with Gasteiger partial charge in [0.05, 0.1) is 5.69 Å². The Kier molecular flexibility index (Phi) is 5.06. The van der Waals surface area contributed by atoms with Crippen molar-refractivity contribution in [1.82, 2.24) is 0 Å². The van der Waals surface area contributed by atoms with Gasteiger partial charge in [0, 0.05) is 43.7 Å². The maximum absolute atomic E-state index is 6.65. The van der Waals surface area contributed by atoms with Crippen molar-refractivity contribution in [1.29, 1.82) is 0 Å². The fraction of sp³-hybridized carbons (Fsp3) is 0.0698. The Morgan fingerprint density at radius 2 is 1.15 bits per heavy atom. The number of rotatable bonds is 3. The van der Waals surface area contributed by atoms with E-state index in [-0.39, 0.29) is 5.41 Å². The Bertz CT molecular complexity index is 2690. The Morgan fingerprint density at radius 3 is 2.02 bits per heavy atom. The molecule has 0 saturated heterocycles. The van der Waals surface area contributed by atoms with E-state index < -0.39 is 0 Å². The molecule has 0 spiro atoms. The van der Waals surface area contributed by atoms with Gasteiger partial charge in [-0.05, 0) is 82.2 Å². The second-order valence-electron chi connectivity index (χ2n) is 12.9. The second kappa shape index (κ2) is 9.12. The zero-order chi connectivity index (χ0) is 30.6. The van der Waals surface area contributed by atoms with Crippen LogP contribution in [0, 0.1) is 0 Å². The fourth-order valence-corrected chi connectivity index (χ4v) is 7.85. The average Bonchev–Trinajstić information content (AvgIpc) is 3.73. The predicted molar refractivity (Wildman–Crippen MR) is 191 cm³/mol. The molecule has 3 nitrogen and oxygen atoms in total. The molecule has 2 aromatic heterocycles. The third kappa shape index (κ3) is 3.43. The van der Waals surface area contributed by atoms with Crippen LogP contribution in [-0.4, -0.2) is 0 Å². The van der Waals surface area contributed by atoms with E-state index in [0.29, 0.717) is 0 Å². The minimum Gasteiger partial charge on any atom is -0.456 e. The lowest BCUT2D eigenvalue weighted by atomic mass is 9.82. The maximum atomic E-state index is 6.65. The van der Waals surface area contributed by atoms with Gasteiger partial charge in [0.2, 0.25) is 0 Å². The quantitative estimate of drug-likeness (QED) is 0.205. The number of fused-ring (bicyclic) bond motifs is 11. The summed E-state index contributed by atoms with van der Waals surface area (Å²) in [6, 6.07) is 49.9. The van der Waals surface area contributed by atoms with Crippen molar-refractivity contribution >= 4 is 71.7 Å². The fourth-order valence-electron chi connectivity index (χ4n) is 7.85. The maximum Gasteiger partial charge on any atom is 0.145 e. The molecule has 0 aliphatic heterocycles. The van der Waals surface area contributed by atoms with Crippen molar-refractivity contribution in [3.8, 4) is 11.1 Å². The van der Waals surface area contributed by atoms with Crippen molar-refractivity contribution in [2.24, 2.45) is 0 Å². The van der Waals surface area contributed by atoms with Gasteiger partial charge in [-0.15, -0.1) is 0 Å². The number of para-hydroxylation sites is 2. The van der Waals surface area contributed by atoms with Crippen molar-refractivity contribution in [2.75, 3.05) is 4.90 Å². The van der Waals surface area contributed by atoms with Gasteiger partial charge in [-0.25, -0.2) is 0 Å². The molecule has 46 heavy (non-hydrogen) atoms. The van der Waals surface area contributed by atoms with Gasteiger partial charge in [-0.2, -0.15) is 0 Å².